The van der Waals surface area contributed by atoms with Gasteiger partial charge in [-0.1, -0.05) is 164 Å². The quantitative estimate of drug-likeness (QED) is 0.121. The van der Waals surface area contributed by atoms with E-state index in [1.807, 2.05) is 0 Å². The summed E-state index contributed by atoms with van der Waals surface area (Å²) in [7, 11) is 0. The van der Waals surface area contributed by atoms with Crippen LogP contribution in [0.5, 0.6) is 0 Å². The maximum absolute atomic E-state index is 2.34. The van der Waals surface area contributed by atoms with Gasteiger partial charge in [-0.2, -0.15) is 0 Å². The van der Waals surface area contributed by atoms with E-state index in [-0.39, 0.29) is 0 Å². The van der Waals surface area contributed by atoms with Crippen LogP contribution < -0.4 is 14.7 Å². The molecular weight excluding hydrogens is 787 g/mol. The van der Waals surface area contributed by atoms with E-state index in [1.165, 1.54) is 33.6 Å². The summed E-state index contributed by atoms with van der Waals surface area (Å²) in [5.41, 5.74) is 19.6. The Hall–Kier alpha value is -8.40. The van der Waals surface area contributed by atoms with Crippen molar-refractivity contribution in [2.24, 2.45) is 0 Å². The van der Waals surface area contributed by atoms with Crippen LogP contribution in [0.15, 0.2) is 261 Å². The third-order valence-corrected chi connectivity index (χ3v) is 12.1. The molecule has 3 nitrogen and oxygen atoms in total. The van der Waals surface area contributed by atoms with Crippen LogP contribution in [0.1, 0.15) is 11.1 Å². The minimum absolute atomic E-state index is 1.09. The first-order valence-corrected chi connectivity index (χ1v) is 22.3. The highest BCUT2D eigenvalue weighted by atomic mass is 15.2. The van der Waals surface area contributed by atoms with Crippen molar-refractivity contribution in [3.8, 4) is 33.4 Å². The maximum Gasteiger partial charge on any atom is 0.0490 e. The van der Waals surface area contributed by atoms with E-state index in [0.29, 0.717) is 0 Å². The van der Waals surface area contributed by atoms with Crippen LogP contribution in [0.25, 0.3) is 33.4 Å². The molecule has 65 heavy (non-hydrogen) atoms. The minimum atomic E-state index is 1.09. The highest BCUT2D eigenvalue weighted by molar-refractivity contribution is 5.84. The molecule has 0 aliphatic carbocycles. The van der Waals surface area contributed by atoms with Gasteiger partial charge in [0.05, 0.1) is 0 Å². The molecule has 0 aliphatic rings. The zero-order valence-electron chi connectivity index (χ0n) is 36.7. The molecule has 0 fully saturated rings. The van der Waals surface area contributed by atoms with Gasteiger partial charge in [-0.3, -0.25) is 0 Å². The van der Waals surface area contributed by atoms with Crippen molar-refractivity contribution in [1.29, 1.82) is 0 Å². The highest BCUT2D eigenvalue weighted by Crippen LogP contribution is 2.41. The van der Waals surface area contributed by atoms with Gasteiger partial charge in [0.15, 0.2) is 0 Å². The first-order chi connectivity index (χ1) is 32.1. The molecule has 0 aromatic heterocycles. The first-order valence-electron chi connectivity index (χ1n) is 22.3. The summed E-state index contributed by atoms with van der Waals surface area (Å²) in [6, 6.07) is 93.4. The van der Waals surface area contributed by atoms with Crippen molar-refractivity contribution >= 4 is 51.2 Å². The lowest BCUT2D eigenvalue weighted by Crippen LogP contribution is -2.11. The Morgan fingerprint density at radius 2 is 0.400 bits per heavy atom. The smallest absolute Gasteiger partial charge is 0.0490 e. The van der Waals surface area contributed by atoms with Crippen LogP contribution in [0.4, 0.5) is 51.2 Å². The second-order valence-corrected chi connectivity index (χ2v) is 16.4. The second kappa shape index (κ2) is 18.5. The molecule has 10 aromatic rings. The molecule has 0 N–H and O–H groups in total. The molecule has 0 spiro atoms. The van der Waals surface area contributed by atoms with Crippen molar-refractivity contribution in [2.75, 3.05) is 14.7 Å². The third-order valence-electron chi connectivity index (χ3n) is 12.1. The number of aryl methyl sites for hydroxylation is 2. The van der Waals surface area contributed by atoms with E-state index >= 15 is 0 Å². The Kier molecular flexibility index (Phi) is 11.6. The van der Waals surface area contributed by atoms with Crippen LogP contribution in [0, 0.1) is 13.8 Å². The molecule has 0 bridgehead atoms. The summed E-state index contributed by atoms with van der Waals surface area (Å²) in [4.78, 5) is 7.00. The van der Waals surface area contributed by atoms with Crippen molar-refractivity contribution in [2.45, 2.75) is 13.8 Å². The van der Waals surface area contributed by atoms with Crippen molar-refractivity contribution in [3.63, 3.8) is 0 Å². The monoisotopic (exact) mass is 835 g/mol. The van der Waals surface area contributed by atoms with Gasteiger partial charge in [0.25, 0.3) is 0 Å². The normalized spacial score (nSPS) is 10.9. The summed E-state index contributed by atoms with van der Waals surface area (Å²) in [5.74, 6) is 0. The Morgan fingerprint density at radius 3 is 0.692 bits per heavy atom. The summed E-state index contributed by atoms with van der Waals surface area (Å²) >= 11 is 0. The zero-order valence-corrected chi connectivity index (χ0v) is 36.7. The number of benzene rings is 10. The lowest BCUT2D eigenvalue weighted by molar-refractivity contribution is 1.25. The summed E-state index contributed by atoms with van der Waals surface area (Å²) in [6.07, 6.45) is 0. The predicted octanol–water partition coefficient (Wildman–Crippen LogP) is 17.7. The topological polar surface area (TPSA) is 9.72 Å². The molecule has 0 amide bonds. The van der Waals surface area contributed by atoms with Crippen molar-refractivity contribution < 1.29 is 0 Å². The molecule has 0 heterocycles. The Morgan fingerprint density at radius 1 is 0.185 bits per heavy atom. The maximum atomic E-state index is 2.34. The number of anilines is 9. The molecule has 10 rings (SSSR count). The minimum Gasteiger partial charge on any atom is -0.311 e. The van der Waals surface area contributed by atoms with E-state index in [9.17, 15) is 0 Å². The van der Waals surface area contributed by atoms with Crippen molar-refractivity contribution in [3.05, 3.63) is 272 Å². The SMILES string of the molecule is Cc1ccccc1N(c1ccccc1)c1ccc(-c2ccc(N(c3ccc(-c4ccccc4)cc3)c3ccc(-c4ccc(N(c5ccccc5)c5ccccc5C)cc4)cc3)cc2)cc1. The first kappa shape index (κ1) is 40.7. The Labute approximate surface area is 383 Å². The fourth-order valence-corrected chi connectivity index (χ4v) is 8.73. The number of hydrogen-bond donors (Lipinski definition) is 0. The van der Waals surface area contributed by atoms with Gasteiger partial charge < -0.3 is 14.7 Å². The molecule has 10 aromatic carbocycles. The highest BCUT2D eigenvalue weighted by Gasteiger charge is 2.18. The van der Waals surface area contributed by atoms with Gasteiger partial charge >= 0.3 is 0 Å². The lowest BCUT2D eigenvalue weighted by Gasteiger charge is -2.27. The van der Waals surface area contributed by atoms with Crippen LogP contribution >= 0.6 is 0 Å². The van der Waals surface area contributed by atoms with Crippen LogP contribution in [0.3, 0.4) is 0 Å². The van der Waals surface area contributed by atoms with Gasteiger partial charge in [-0.15, -0.1) is 0 Å². The average Bonchev–Trinajstić information content (AvgIpc) is 3.37. The molecule has 0 unspecified atom stereocenters. The second-order valence-electron chi connectivity index (χ2n) is 16.4. The molecule has 312 valence electrons. The lowest BCUT2D eigenvalue weighted by atomic mass is 10.0. The number of para-hydroxylation sites is 4. The fourth-order valence-electron chi connectivity index (χ4n) is 8.73. The van der Waals surface area contributed by atoms with E-state index in [2.05, 4.69) is 289 Å². The van der Waals surface area contributed by atoms with Crippen LogP contribution in [-0.4, -0.2) is 0 Å². The average molecular weight is 836 g/mol. The van der Waals surface area contributed by atoms with E-state index < -0.39 is 0 Å². The predicted molar refractivity (Wildman–Crippen MR) is 276 cm³/mol. The summed E-state index contributed by atoms with van der Waals surface area (Å²) in [6.45, 7) is 4.34. The van der Waals surface area contributed by atoms with E-state index in [4.69, 9.17) is 0 Å². The van der Waals surface area contributed by atoms with Gasteiger partial charge in [-0.25, -0.2) is 0 Å². The van der Waals surface area contributed by atoms with Gasteiger partial charge in [-0.05, 0) is 155 Å². The van der Waals surface area contributed by atoms with E-state index in [0.717, 1.165) is 62.1 Å². The van der Waals surface area contributed by atoms with Crippen LogP contribution in [0.2, 0.25) is 0 Å². The summed E-state index contributed by atoms with van der Waals surface area (Å²) in [5, 5.41) is 0. The zero-order chi connectivity index (χ0) is 44.0. The largest absolute Gasteiger partial charge is 0.311 e. The molecule has 3 heteroatoms. The standard InChI is InChI=1S/C62H49N3/c1-46-16-12-14-24-61(46)64(54-20-8-4-9-21-54)59-42-32-52(33-43-59)50-28-38-57(39-29-50)63(56-36-26-49(27-37-56)48-18-6-3-7-19-48)58-40-30-51(31-41-58)53-34-44-60(45-35-53)65(55-22-10-5-11-23-55)62-25-15-13-17-47(62)2/h3-45H,1-2H3. The van der Waals surface area contributed by atoms with Crippen LogP contribution in [-0.2, 0) is 0 Å². The third kappa shape index (κ3) is 8.69. The molecule has 0 saturated heterocycles. The molecule has 0 saturated carbocycles. The molecule has 0 radical (unpaired) electrons. The van der Waals surface area contributed by atoms with E-state index in [1.54, 1.807) is 0 Å². The Bertz CT molecular complexity index is 2930. The molecule has 0 atom stereocenters. The van der Waals surface area contributed by atoms with Gasteiger partial charge in [0.1, 0.15) is 0 Å². The number of nitrogens with zero attached hydrogens (tertiary/aromatic N) is 3. The fraction of sp³-hybridized carbons (Fsp3) is 0.0323. The summed E-state index contributed by atoms with van der Waals surface area (Å²) < 4.78 is 0. The number of rotatable bonds is 12. The molecule has 0 aliphatic heterocycles. The van der Waals surface area contributed by atoms with Gasteiger partial charge in [0, 0.05) is 51.2 Å². The van der Waals surface area contributed by atoms with Crippen molar-refractivity contribution in [1.82, 2.24) is 0 Å². The Balaban J connectivity index is 0.951. The number of hydrogen-bond acceptors (Lipinski definition) is 3. The van der Waals surface area contributed by atoms with Gasteiger partial charge in [0.2, 0.25) is 0 Å². The molecular formula is C62H49N3.